The van der Waals surface area contributed by atoms with Gasteiger partial charge in [-0.1, -0.05) is 10.3 Å². The van der Waals surface area contributed by atoms with Crippen LogP contribution in [0.5, 0.6) is 0 Å². The van der Waals surface area contributed by atoms with Crippen LogP contribution in [-0.2, 0) is 27.3 Å². The minimum absolute atomic E-state index is 0.00879. The van der Waals surface area contributed by atoms with Crippen molar-refractivity contribution in [2.45, 2.75) is 51.3 Å². The number of hydrogen-bond donors (Lipinski definition) is 2. The quantitative estimate of drug-likeness (QED) is 0.757. The zero-order chi connectivity index (χ0) is 19.5. The summed E-state index contributed by atoms with van der Waals surface area (Å²) < 4.78 is 10.5. The van der Waals surface area contributed by atoms with Crippen molar-refractivity contribution in [3.63, 3.8) is 0 Å². The van der Waals surface area contributed by atoms with Crippen LogP contribution in [0.15, 0.2) is 16.9 Å². The van der Waals surface area contributed by atoms with E-state index in [1.807, 2.05) is 4.90 Å². The first-order valence-electron chi connectivity index (χ1n) is 9.57. The SMILES string of the molecule is Cc1nonc1CNC(=O)[C@H]1CC[C@H]2OCCN(C(=O)Cc3ccn[nH]3)[C@@H]2C1. The smallest absolute Gasteiger partial charge is 0.228 e. The van der Waals surface area contributed by atoms with E-state index >= 15 is 0 Å². The molecule has 0 spiro atoms. The van der Waals surface area contributed by atoms with Gasteiger partial charge in [-0.3, -0.25) is 14.7 Å². The number of hydrogen-bond acceptors (Lipinski definition) is 7. The first kappa shape index (κ1) is 18.6. The lowest BCUT2D eigenvalue weighted by molar-refractivity contribution is -0.153. The maximum atomic E-state index is 12.8. The third-order valence-corrected chi connectivity index (χ3v) is 5.59. The summed E-state index contributed by atoms with van der Waals surface area (Å²) in [6.45, 7) is 3.15. The molecule has 3 heterocycles. The highest BCUT2D eigenvalue weighted by Gasteiger charge is 2.41. The summed E-state index contributed by atoms with van der Waals surface area (Å²) in [5.41, 5.74) is 2.08. The number of carbonyl (C=O) groups excluding carboxylic acids is 2. The molecule has 10 heteroatoms. The van der Waals surface area contributed by atoms with Crippen LogP contribution in [0.1, 0.15) is 36.3 Å². The molecule has 2 fully saturated rings. The molecular formula is C18H24N6O4. The highest BCUT2D eigenvalue weighted by molar-refractivity contribution is 5.80. The standard InChI is InChI=1S/C18H24N6O4/c1-11-14(23-28-22-11)10-19-18(26)12-2-3-16-15(8-12)24(6-7-27-16)17(25)9-13-4-5-20-21-13/h4-5,12,15-16H,2-3,6-10H2,1H3,(H,19,26)(H,20,21)/t12-,15+,16+/m0/s1. The van der Waals surface area contributed by atoms with E-state index in [1.54, 1.807) is 19.2 Å². The van der Waals surface area contributed by atoms with Gasteiger partial charge in [0.05, 0.1) is 31.7 Å². The molecule has 10 nitrogen and oxygen atoms in total. The van der Waals surface area contributed by atoms with Crippen molar-refractivity contribution >= 4 is 11.8 Å². The van der Waals surface area contributed by atoms with E-state index in [0.717, 1.165) is 18.5 Å². The topological polar surface area (TPSA) is 126 Å². The molecule has 0 bridgehead atoms. The largest absolute Gasteiger partial charge is 0.374 e. The summed E-state index contributed by atoms with van der Waals surface area (Å²) in [5, 5.41) is 17.1. The Hall–Kier alpha value is -2.75. The fourth-order valence-electron chi connectivity index (χ4n) is 4.03. The fourth-order valence-corrected chi connectivity index (χ4v) is 4.03. The number of aromatic amines is 1. The molecule has 2 aromatic heterocycles. The third-order valence-electron chi connectivity index (χ3n) is 5.59. The molecule has 3 atom stereocenters. The number of amides is 2. The van der Waals surface area contributed by atoms with Crippen molar-refractivity contribution in [3.8, 4) is 0 Å². The van der Waals surface area contributed by atoms with E-state index in [2.05, 4.69) is 30.5 Å². The number of H-pyrrole nitrogens is 1. The lowest BCUT2D eigenvalue weighted by Gasteiger charge is -2.45. The van der Waals surface area contributed by atoms with E-state index in [1.165, 1.54) is 0 Å². The fraction of sp³-hybridized carbons (Fsp3) is 0.611. The number of nitrogens with one attached hydrogen (secondary N) is 2. The first-order valence-corrected chi connectivity index (χ1v) is 9.57. The maximum Gasteiger partial charge on any atom is 0.228 e. The van der Waals surface area contributed by atoms with Crippen LogP contribution >= 0.6 is 0 Å². The van der Waals surface area contributed by atoms with Gasteiger partial charge in [0, 0.05) is 24.4 Å². The summed E-state index contributed by atoms with van der Waals surface area (Å²) in [7, 11) is 0. The van der Waals surface area contributed by atoms with Crippen LogP contribution in [0.4, 0.5) is 0 Å². The molecule has 1 aliphatic carbocycles. The molecule has 28 heavy (non-hydrogen) atoms. The van der Waals surface area contributed by atoms with Gasteiger partial charge in [0.2, 0.25) is 11.8 Å². The molecule has 1 saturated heterocycles. The number of rotatable bonds is 5. The molecule has 2 aliphatic rings. The molecule has 1 aliphatic heterocycles. The van der Waals surface area contributed by atoms with Crippen LogP contribution in [0, 0.1) is 12.8 Å². The molecule has 2 amide bonds. The Morgan fingerprint density at radius 2 is 2.25 bits per heavy atom. The normalized spacial score (nSPS) is 24.6. The Labute approximate surface area is 162 Å². The molecule has 0 unspecified atom stereocenters. The summed E-state index contributed by atoms with van der Waals surface area (Å²) in [6, 6.07) is 1.72. The van der Waals surface area contributed by atoms with Gasteiger partial charge in [-0.15, -0.1) is 0 Å². The van der Waals surface area contributed by atoms with E-state index in [4.69, 9.17) is 4.74 Å². The Kier molecular flexibility index (Phi) is 5.38. The second-order valence-electron chi connectivity index (χ2n) is 7.35. The Balaban J connectivity index is 1.38. The molecule has 2 aromatic rings. The number of ether oxygens (including phenoxy) is 1. The van der Waals surface area contributed by atoms with Crippen LogP contribution < -0.4 is 5.32 Å². The Morgan fingerprint density at radius 1 is 1.36 bits per heavy atom. The van der Waals surface area contributed by atoms with E-state index < -0.39 is 0 Å². The second-order valence-corrected chi connectivity index (χ2v) is 7.35. The second kappa shape index (κ2) is 8.09. The zero-order valence-corrected chi connectivity index (χ0v) is 15.8. The van der Waals surface area contributed by atoms with Gasteiger partial charge >= 0.3 is 0 Å². The van der Waals surface area contributed by atoms with Gasteiger partial charge < -0.3 is 15.0 Å². The number of aromatic nitrogens is 4. The van der Waals surface area contributed by atoms with E-state index in [9.17, 15) is 9.59 Å². The third kappa shape index (κ3) is 3.91. The average molecular weight is 388 g/mol. The summed E-state index contributed by atoms with van der Waals surface area (Å²) in [6.07, 6.45) is 4.01. The van der Waals surface area contributed by atoms with Gasteiger partial charge in [-0.25, -0.2) is 4.63 Å². The molecule has 4 rings (SSSR count). The van der Waals surface area contributed by atoms with Gasteiger partial charge in [0.1, 0.15) is 11.4 Å². The average Bonchev–Trinajstić information content (AvgIpc) is 3.36. The predicted molar refractivity (Wildman–Crippen MR) is 95.8 cm³/mol. The lowest BCUT2D eigenvalue weighted by atomic mass is 9.81. The molecule has 150 valence electrons. The maximum absolute atomic E-state index is 12.8. The number of fused-ring (bicyclic) bond motifs is 1. The lowest BCUT2D eigenvalue weighted by Crippen LogP contribution is -2.57. The van der Waals surface area contributed by atoms with Crippen molar-refractivity contribution < 1.29 is 19.0 Å². The highest BCUT2D eigenvalue weighted by atomic mass is 16.6. The zero-order valence-electron chi connectivity index (χ0n) is 15.8. The number of aryl methyl sites for hydroxylation is 1. The van der Waals surface area contributed by atoms with E-state index in [-0.39, 0.29) is 42.8 Å². The number of nitrogens with zero attached hydrogens (tertiary/aromatic N) is 4. The highest BCUT2D eigenvalue weighted by Crippen LogP contribution is 2.32. The van der Waals surface area contributed by atoms with Crippen molar-refractivity contribution in [1.29, 1.82) is 0 Å². The molecule has 0 radical (unpaired) electrons. The number of carbonyl (C=O) groups is 2. The van der Waals surface area contributed by atoms with Crippen molar-refractivity contribution in [2.75, 3.05) is 13.2 Å². The minimum Gasteiger partial charge on any atom is -0.374 e. The monoisotopic (exact) mass is 388 g/mol. The van der Waals surface area contributed by atoms with Gasteiger partial charge in [0.25, 0.3) is 0 Å². The van der Waals surface area contributed by atoms with Crippen LogP contribution in [0.2, 0.25) is 0 Å². The summed E-state index contributed by atoms with van der Waals surface area (Å²) in [4.78, 5) is 27.4. The van der Waals surface area contributed by atoms with Crippen molar-refractivity contribution in [2.24, 2.45) is 5.92 Å². The summed E-state index contributed by atoms with van der Waals surface area (Å²) >= 11 is 0. The van der Waals surface area contributed by atoms with Gasteiger partial charge in [0.15, 0.2) is 0 Å². The van der Waals surface area contributed by atoms with Crippen LogP contribution in [-0.4, -0.2) is 62.5 Å². The first-order chi connectivity index (χ1) is 13.6. The molecule has 2 N–H and O–H groups in total. The predicted octanol–water partition coefficient (Wildman–Crippen LogP) is 0.356. The van der Waals surface area contributed by atoms with Crippen molar-refractivity contribution in [1.82, 2.24) is 30.7 Å². The minimum atomic E-state index is -0.162. The summed E-state index contributed by atoms with van der Waals surface area (Å²) in [5.74, 6) is -0.161. The van der Waals surface area contributed by atoms with Crippen molar-refractivity contribution in [3.05, 3.63) is 29.3 Å². The number of morpholine rings is 1. The Bertz CT molecular complexity index is 820. The molecular weight excluding hydrogens is 364 g/mol. The van der Waals surface area contributed by atoms with Crippen LogP contribution in [0.3, 0.4) is 0 Å². The molecule has 0 aromatic carbocycles. The molecule has 1 saturated carbocycles. The Morgan fingerprint density at radius 3 is 3.00 bits per heavy atom. The van der Waals surface area contributed by atoms with Gasteiger partial charge in [-0.2, -0.15) is 5.10 Å². The van der Waals surface area contributed by atoms with Crippen LogP contribution in [0.25, 0.3) is 0 Å². The van der Waals surface area contributed by atoms with Gasteiger partial charge in [-0.05, 0) is 32.3 Å². The van der Waals surface area contributed by atoms with E-state index in [0.29, 0.717) is 31.0 Å².